The molecular formula is C13H14ClNO2. The normalized spacial score (nSPS) is 19.0. The van der Waals surface area contributed by atoms with Gasteiger partial charge >= 0.3 is 5.97 Å². The van der Waals surface area contributed by atoms with E-state index < -0.39 is 5.97 Å². The lowest BCUT2D eigenvalue weighted by molar-refractivity contribution is 0.0698. The van der Waals surface area contributed by atoms with E-state index in [2.05, 4.69) is 17.5 Å². The van der Waals surface area contributed by atoms with E-state index in [-0.39, 0.29) is 5.56 Å². The Bertz CT molecular complexity index is 457. The number of carboxylic acids is 1. The number of rotatable bonds is 3. The first-order valence-corrected chi connectivity index (χ1v) is 5.99. The number of hydrogen-bond acceptors (Lipinski definition) is 2. The van der Waals surface area contributed by atoms with Crippen molar-refractivity contribution in [3.63, 3.8) is 0 Å². The molecule has 1 aliphatic carbocycles. The van der Waals surface area contributed by atoms with Crippen molar-refractivity contribution in [3.8, 4) is 0 Å². The minimum Gasteiger partial charge on any atom is -0.478 e. The summed E-state index contributed by atoms with van der Waals surface area (Å²) in [6.45, 7) is 0. The molecule has 1 unspecified atom stereocenters. The minimum atomic E-state index is -0.957. The lowest BCUT2D eigenvalue weighted by Crippen LogP contribution is -2.21. The molecule has 17 heavy (non-hydrogen) atoms. The lowest BCUT2D eigenvalue weighted by Gasteiger charge is -2.21. The molecule has 1 atom stereocenters. The highest BCUT2D eigenvalue weighted by Crippen LogP contribution is 2.24. The van der Waals surface area contributed by atoms with Crippen molar-refractivity contribution in [3.05, 3.63) is 40.9 Å². The van der Waals surface area contributed by atoms with Gasteiger partial charge in [-0.05, 0) is 37.5 Å². The van der Waals surface area contributed by atoms with Crippen molar-refractivity contribution in [2.24, 2.45) is 0 Å². The van der Waals surface area contributed by atoms with Gasteiger partial charge in [0.05, 0.1) is 5.56 Å². The molecule has 0 heterocycles. The number of benzene rings is 1. The van der Waals surface area contributed by atoms with Gasteiger partial charge in [-0.25, -0.2) is 4.79 Å². The Morgan fingerprint density at radius 1 is 1.41 bits per heavy atom. The highest BCUT2D eigenvalue weighted by Gasteiger charge is 2.15. The zero-order valence-corrected chi connectivity index (χ0v) is 10.1. The standard InChI is InChI=1S/C13H14ClNO2/c14-9-6-7-12(11(8-9)13(16)17)15-10-4-2-1-3-5-10/h1-2,6-8,10,15H,3-5H2,(H,16,17). The number of hydrogen-bond donors (Lipinski definition) is 2. The molecule has 2 rings (SSSR count). The Kier molecular flexibility index (Phi) is 3.69. The third-order valence-corrected chi connectivity index (χ3v) is 3.08. The van der Waals surface area contributed by atoms with E-state index in [4.69, 9.17) is 16.7 Å². The highest BCUT2D eigenvalue weighted by molar-refractivity contribution is 6.31. The summed E-state index contributed by atoms with van der Waals surface area (Å²) >= 11 is 5.80. The molecule has 0 radical (unpaired) electrons. The van der Waals surface area contributed by atoms with E-state index in [1.165, 1.54) is 6.07 Å². The predicted octanol–water partition coefficient (Wildman–Crippen LogP) is 3.56. The van der Waals surface area contributed by atoms with Crippen molar-refractivity contribution in [1.82, 2.24) is 0 Å². The molecule has 0 saturated carbocycles. The molecular weight excluding hydrogens is 238 g/mol. The first-order chi connectivity index (χ1) is 8.16. The Morgan fingerprint density at radius 3 is 2.88 bits per heavy atom. The van der Waals surface area contributed by atoms with Crippen LogP contribution in [0.2, 0.25) is 5.02 Å². The minimum absolute atomic E-state index is 0.229. The van der Waals surface area contributed by atoms with Crippen LogP contribution in [0.15, 0.2) is 30.4 Å². The lowest BCUT2D eigenvalue weighted by atomic mass is 10.0. The van der Waals surface area contributed by atoms with Gasteiger partial charge in [0, 0.05) is 16.8 Å². The number of allylic oxidation sites excluding steroid dienone is 1. The van der Waals surface area contributed by atoms with Crippen molar-refractivity contribution in [2.45, 2.75) is 25.3 Å². The summed E-state index contributed by atoms with van der Waals surface area (Å²) in [4.78, 5) is 11.1. The molecule has 0 aromatic heterocycles. The van der Waals surface area contributed by atoms with Gasteiger partial charge in [0.15, 0.2) is 0 Å². The van der Waals surface area contributed by atoms with Crippen LogP contribution in [0, 0.1) is 0 Å². The average Bonchev–Trinajstić information content (AvgIpc) is 2.32. The average molecular weight is 252 g/mol. The molecule has 0 fully saturated rings. The third-order valence-electron chi connectivity index (χ3n) is 2.84. The number of aromatic carboxylic acids is 1. The Morgan fingerprint density at radius 2 is 2.24 bits per heavy atom. The molecule has 1 aromatic rings. The zero-order valence-electron chi connectivity index (χ0n) is 9.32. The summed E-state index contributed by atoms with van der Waals surface area (Å²) in [5.41, 5.74) is 0.870. The van der Waals surface area contributed by atoms with Gasteiger partial charge in [-0.1, -0.05) is 23.8 Å². The second-order valence-corrected chi connectivity index (χ2v) is 4.56. The van der Waals surface area contributed by atoms with Gasteiger partial charge in [-0.15, -0.1) is 0 Å². The molecule has 0 amide bonds. The van der Waals surface area contributed by atoms with Crippen LogP contribution in [-0.4, -0.2) is 17.1 Å². The monoisotopic (exact) mass is 251 g/mol. The largest absolute Gasteiger partial charge is 0.478 e. The number of halogens is 1. The van der Waals surface area contributed by atoms with Crippen molar-refractivity contribution in [1.29, 1.82) is 0 Å². The maximum absolute atomic E-state index is 11.1. The summed E-state index contributed by atoms with van der Waals surface area (Å²) in [5.74, 6) is -0.957. The quantitative estimate of drug-likeness (QED) is 0.808. The fourth-order valence-electron chi connectivity index (χ4n) is 1.96. The van der Waals surface area contributed by atoms with Gasteiger partial charge in [-0.2, -0.15) is 0 Å². The summed E-state index contributed by atoms with van der Waals surface area (Å²) in [6, 6.07) is 5.21. The van der Waals surface area contributed by atoms with Gasteiger partial charge in [-0.3, -0.25) is 0 Å². The molecule has 0 bridgehead atoms. The Balaban J connectivity index is 2.19. The van der Waals surface area contributed by atoms with Gasteiger partial charge in [0.2, 0.25) is 0 Å². The first kappa shape index (κ1) is 12.0. The smallest absolute Gasteiger partial charge is 0.337 e. The second kappa shape index (κ2) is 5.23. The van der Waals surface area contributed by atoms with Gasteiger partial charge in [0.25, 0.3) is 0 Å². The van der Waals surface area contributed by atoms with Crippen LogP contribution < -0.4 is 5.32 Å². The summed E-state index contributed by atoms with van der Waals surface area (Å²) < 4.78 is 0. The molecule has 2 N–H and O–H groups in total. The fraction of sp³-hybridized carbons (Fsp3) is 0.308. The number of anilines is 1. The van der Waals surface area contributed by atoms with E-state index in [1.807, 2.05) is 0 Å². The van der Waals surface area contributed by atoms with Gasteiger partial charge < -0.3 is 10.4 Å². The maximum atomic E-state index is 11.1. The molecule has 0 aliphatic heterocycles. The molecule has 0 spiro atoms. The van der Waals surface area contributed by atoms with Gasteiger partial charge in [0.1, 0.15) is 0 Å². The number of carbonyl (C=O) groups is 1. The maximum Gasteiger partial charge on any atom is 0.337 e. The first-order valence-electron chi connectivity index (χ1n) is 5.61. The van der Waals surface area contributed by atoms with E-state index >= 15 is 0 Å². The number of carboxylic acid groups (broad SMARTS) is 1. The van der Waals surface area contributed by atoms with Crippen LogP contribution in [0.4, 0.5) is 5.69 Å². The predicted molar refractivity (Wildman–Crippen MR) is 68.8 cm³/mol. The van der Waals surface area contributed by atoms with Crippen LogP contribution in [0.3, 0.4) is 0 Å². The highest BCUT2D eigenvalue weighted by atomic mass is 35.5. The number of nitrogens with one attached hydrogen (secondary N) is 1. The molecule has 4 heteroatoms. The topological polar surface area (TPSA) is 49.3 Å². The third kappa shape index (κ3) is 3.01. The molecule has 1 aromatic carbocycles. The van der Waals surface area contributed by atoms with Crippen LogP contribution >= 0.6 is 11.6 Å². The Labute approximate surface area is 105 Å². The summed E-state index contributed by atoms with van der Waals surface area (Å²) in [5, 5.41) is 12.8. The molecule has 0 saturated heterocycles. The second-order valence-electron chi connectivity index (χ2n) is 4.12. The van der Waals surface area contributed by atoms with E-state index in [0.717, 1.165) is 19.3 Å². The molecule has 1 aliphatic rings. The fourth-order valence-corrected chi connectivity index (χ4v) is 2.14. The zero-order chi connectivity index (χ0) is 12.3. The Hall–Kier alpha value is -1.48. The SMILES string of the molecule is O=C(O)c1cc(Cl)ccc1NC1CC=CCC1. The van der Waals surface area contributed by atoms with Crippen molar-refractivity contribution < 1.29 is 9.90 Å². The summed E-state index contributed by atoms with van der Waals surface area (Å²) in [6.07, 6.45) is 7.27. The van der Waals surface area contributed by atoms with Crippen LogP contribution in [-0.2, 0) is 0 Å². The van der Waals surface area contributed by atoms with Crippen molar-refractivity contribution in [2.75, 3.05) is 5.32 Å². The van der Waals surface area contributed by atoms with Crippen LogP contribution in [0.1, 0.15) is 29.6 Å². The van der Waals surface area contributed by atoms with E-state index in [0.29, 0.717) is 16.8 Å². The summed E-state index contributed by atoms with van der Waals surface area (Å²) in [7, 11) is 0. The van der Waals surface area contributed by atoms with Crippen molar-refractivity contribution >= 4 is 23.3 Å². The van der Waals surface area contributed by atoms with Crippen LogP contribution in [0.5, 0.6) is 0 Å². The van der Waals surface area contributed by atoms with E-state index in [1.54, 1.807) is 12.1 Å². The van der Waals surface area contributed by atoms with Crippen LogP contribution in [0.25, 0.3) is 0 Å². The molecule has 3 nitrogen and oxygen atoms in total. The van der Waals surface area contributed by atoms with E-state index in [9.17, 15) is 4.79 Å². The molecule has 90 valence electrons.